The van der Waals surface area contributed by atoms with E-state index in [1.165, 1.54) is 7.11 Å². The van der Waals surface area contributed by atoms with Crippen LogP contribution in [0, 0.1) is 0 Å². The van der Waals surface area contributed by atoms with Crippen LogP contribution in [0.25, 0.3) is 11.1 Å². The number of hydrogen-bond acceptors (Lipinski definition) is 3. The molecule has 0 atom stereocenters. The van der Waals surface area contributed by atoms with Gasteiger partial charge < -0.3 is 9.84 Å². The number of aliphatic hydroxyl groups is 1. The van der Waals surface area contributed by atoms with Crippen molar-refractivity contribution in [1.82, 2.24) is 4.98 Å². The Morgan fingerprint density at radius 3 is 2.37 bits per heavy atom. The normalized spacial score (nSPS) is 10.6. The first kappa shape index (κ1) is 14.4. The summed E-state index contributed by atoms with van der Waals surface area (Å²) in [6.07, 6.45) is 0. The summed E-state index contributed by atoms with van der Waals surface area (Å²) >= 11 is 18.0. The summed E-state index contributed by atoms with van der Waals surface area (Å²) in [6.45, 7) is -0.233. The van der Waals surface area contributed by atoms with Crippen molar-refractivity contribution in [3.05, 3.63) is 45.0 Å². The van der Waals surface area contributed by atoms with E-state index in [0.717, 1.165) is 0 Å². The molecule has 6 heteroatoms. The van der Waals surface area contributed by atoms with Crippen molar-refractivity contribution in [2.24, 2.45) is 0 Å². The second-order valence-corrected chi connectivity index (χ2v) is 4.97. The molecule has 0 radical (unpaired) electrons. The molecular formula is C13H10Cl3NO2. The Morgan fingerprint density at radius 1 is 1.05 bits per heavy atom. The van der Waals surface area contributed by atoms with Crippen molar-refractivity contribution in [3.8, 4) is 17.0 Å². The van der Waals surface area contributed by atoms with Crippen LogP contribution in [-0.2, 0) is 6.61 Å². The second-order valence-electron chi connectivity index (χ2n) is 3.75. The van der Waals surface area contributed by atoms with E-state index in [9.17, 15) is 5.11 Å². The number of pyridine rings is 1. The van der Waals surface area contributed by atoms with Gasteiger partial charge >= 0.3 is 0 Å². The molecule has 2 aromatic rings. The van der Waals surface area contributed by atoms with Gasteiger partial charge in [0.05, 0.1) is 34.5 Å². The van der Waals surface area contributed by atoms with Gasteiger partial charge in [-0.25, -0.2) is 4.98 Å². The summed E-state index contributed by atoms with van der Waals surface area (Å²) in [5, 5.41) is 10.6. The Labute approximate surface area is 125 Å². The van der Waals surface area contributed by atoms with Crippen molar-refractivity contribution < 1.29 is 9.84 Å². The highest BCUT2D eigenvalue weighted by molar-refractivity contribution is 6.44. The van der Waals surface area contributed by atoms with Crippen LogP contribution in [0.3, 0.4) is 0 Å². The van der Waals surface area contributed by atoms with Crippen LogP contribution in [0.4, 0.5) is 0 Å². The summed E-state index contributed by atoms with van der Waals surface area (Å²) < 4.78 is 5.02. The molecule has 2 rings (SSSR count). The largest absolute Gasteiger partial charge is 0.481 e. The average Bonchev–Trinajstić information content (AvgIpc) is 2.42. The van der Waals surface area contributed by atoms with E-state index >= 15 is 0 Å². The maximum Gasteiger partial charge on any atom is 0.213 e. The Bertz CT molecular complexity index is 617. The number of aliphatic hydroxyl groups excluding tert-OH is 1. The minimum atomic E-state index is -0.233. The summed E-state index contributed by atoms with van der Waals surface area (Å²) in [4.78, 5) is 4.17. The van der Waals surface area contributed by atoms with Crippen molar-refractivity contribution in [2.45, 2.75) is 6.61 Å². The van der Waals surface area contributed by atoms with Crippen LogP contribution in [0.5, 0.6) is 5.88 Å². The fourth-order valence-electron chi connectivity index (χ4n) is 1.69. The highest BCUT2D eigenvalue weighted by atomic mass is 35.5. The molecule has 1 N–H and O–H groups in total. The number of rotatable bonds is 3. The van der Waals surface area contributed by atoms with Crippen LogP contribution < -0.4 is 4.74 Å². The quantitative estimate of drug-likeness (QED) is 0.862. The monoisotopic (exact) mass is 317 g/mol. The Hall–Kier alpha value is -1.00. The molecule has 0 aliphatic carbocycles. The number of aromatic nitrogens is 1. The first-order valence-corrected chi connectivity index (χ1v) is 6.50. The molecule has 0 unspecified atom stereocenters. The van der Waals surface area contributed by atoms with E-state index in [-0.39, 0.29) is 6.61 Å². The molecule has 0 spiro atoms. The lowest BCUT2D eigenvalue weighted by molar-refractivity contribution is 0.275. The molecule has 0 saturated carbocycles. The van der Waals surface area contributed by atoms with Gasteiger partial charge in [-0.1, -0.05) is 34.8 Å². The first-order valence-electron chi connectivity index (χ1n) is 5.36. The van der Waals surface area contributed by atoms with Crippen molar-refractivity contribution >= 4 is 34.8 Å². The lowest BCUT2D eigenvalue weighted by Gasteiger charge is -2.11. The maximum absolute atomic E-state index is 9.39. The highest BCUT2D eigenvalue weighted by Crippen LogP contribution is 2.36. The molecule has 1 aromatic heterocycles. The van der Waals surface area contributed by atoms with Crippen molar-refractivity contribution in [2.75, 3.05) is 7.11 Å². The van der Waals surface area contributed by atoms with Crippen LogP contribution >= 0.6 is 34.8 Å². The van der Waals surface area contributed by atoms with E-state index in [2.05, 4.69) is 4.98 Å². The van der Waals surface area contributed by atoms with Crippen LogP contribution in [-0.4, -0.2) is 17.2 Å². The summed E-state index contributed by atoms with van der Waals surface area (Å²) in [6, 6.07) is 6.66. The average molecular weight is 319 g/mol. The number of methoxy groups -OCH3 is 1. The molecule has 0 saturated heterocycles. The smallest absolute Gasteiger partial charge is 0.213 e. The molecule has 1 heterocycles. The van der Waals surface area contributed by atoms with E-state index in [1.807, 2.05) is 0 Å². The van der Waals surface area contributed by atoms with E-state index < -0.39 is 0 Å². The lowest BCUT2D eigenvalue weighted by Crippen LogP contribution is -1.97. The zero-order valence-electron chi connectivity index (χ0n) is 9.95. The number of ether oxygens (including phenoxy) is 1. The summed E-state index contributed by atoms with van der Waals surface area (Å²) in [7, 11) is 1.51. The molecule has 3 nitrogen and oxygen atoms in total. The maximum atomic E-state index is 9.39. The molecule has 0 fully saturated rings. The second kappa shape index (κ2) is 5.97. The van der Waals surface area contributed by atoms with Crippen LogP contribution in [0.15, 0.2) is 24.3 Å². The van der Waals surface area contributed by atoms with Crippen LogP contribution in [0.2, 0.25) is 15.1 Å². The van der Waals surface area contributed by atoms with Gasteiger partial charge in [0.25, 0.3) is 0 Å². The van der Waals surface area contributed by atoms with Crippen LogP contribution in [0.1, 0.15) is 5.69 Å². The zero-order chi connectivity index (χ0) is 14.0. The third-order valence-corrected chi connectivity index (χ3v) is 3.64. The molecule has 19 heavy (non-hydrogen) atoms. The first-order chi connectivity index (χ1) is 9.06. The highest BCUT2D eigenvalue weighted by Gasteiger charge is 2.13. The van der Waals surface area contributed by atoms with Gasteiger partial charge in [-0.05, 0) is 18.2 Å². The third kappa shape index (κ3) is 2.95. The standard InChI is InChI=1S/C13H10Cl3NO2/c1-19-13-3-2-7(12(6-18)17-13)8-4-10(15)11(16)5-9(8)14/h2-5,18H,6H2,1H3. The Kier molecular flexibility index (Phi) is 4.53. The van der Waals surface area contributed by atoms with Crippen molar-refractivity contribution in [1.29, 1.82) is 0 Å². The van der Waals surface area contributed by atoms with E-state index in [4.69, 9.17) is 39.5 Å². The minimum Gasteiger partial charge on any atom is -0.481 e. The van der Waals surface area contributed by atoms with E-state index in [0.29, 0.717) is 37.8 Å². The molecule has 0 amide bonds. The SMILES string of the molecule is COc1ccc(-c2cc(Cl)c(Cl)cc2Cl)c(CO)n1. The molecule has 1 aromatic carbocycles. The van der Waals surface area contributed by atoms with Gasteiger partial charge in [0.1, 0.15) is 0 Å². The summed E-state index contributed by atoms with van der Waals surface area (Å²) in [5.74, 6) is 0.420. The van der Waals surface area contributed by atoms with Gasteiger partial charge in [-0.3, -0.25) is 0 Å². The lowest BCUT2D eigenvalue weighted by atomic mass is 10.0. The fraction of sp³-hybridized carbons (Fsp3) is 0.154. The number of halogens is 3. The van der Waals surface area contributed by atoms with Gasteiger partial charge in [0.2, 0.25) is 5.88 Å². The molecule has 0 aliphatic heterocycles. The third-order valence-electron chi connectivity index (χ3n) is 2.61. The summed E-state index contributed by atoms with van der Waals surface area (Å²) in [5.41, 5.74) is 1.81. The Balaban J connectivity index is 2.61. The molecule has 0 bridgehead atoms. The number of hydrogen-bond donors (Lipinski definition) is 1. The zero-order valence-corrected chi connectivity index (χ0v) is 12.2. The predicted octanol–water partition coefficient (Wildman–Crippen LogP) is 4.21. The number of benzene rings is 1. The van der Waals surface area contributed by atoms with E-state index in [1.54, 1.807) is 24.3 Å². The Morgan fingerprint density at radius 2 is 1.74 bits per heavy atom. The van der Waals surface area contributed by atoms with Crippen molar-refractivity contribution in [3.63, 3.8) is 0 Å². The molecule has 100 valence electrons. The predicted molar refractivity (Wildman–Crippen MR) is 77.2 cm³/mol. The van der Waals surface area contributed by atoms with Gasteiger partial charge in [0, 0.05) is 17.2 Å². The molecular weight excluding hydrogens is 309 g/mol. The van der Waals surface area contributed by atoms with Gasteiger partial charge in [-0.2, -0.15) is 0 Å². The number of nitrogens with zero attached hydrogens (tertiary/aromatic N) is 1. The van der Waals surface area contributed by atoms with Gasteiger partial charge in [0.15, 0.2) is 0 Å². The van der Waals surface area contributed by atoms with Gasteiger partial charge in [-0.15, -0.1) is 0 Å². The topological polar surface area (TPSA) is 42.4 Å². The minimum absolute atomic E-state index is 0.233. The fourth-order valence-corrected chi connectivity index (χ4v) is 2.34. The molecule has 0 aliphatic rings.